The third-order valence-electron chi connectivity index (χ3n) is 3.81. The van der Waals surface area contributed by atoms with Crippen LogP contribution < -0.4 is 11.1 Å². The molecule has 0 amide bonds. The minimum absolute atomic E-state index is 0.0297. The molecule has 0 aromatic carbocycles. The number of hydrogen-bond acceptors (Lipinski definition) is 4. The molecule has 2 aromatic rings. The van der Waals surface area contributed by atoms with Gasteiger partial charge < -0.3 is 19.4 Å². The van der Waals surface area contributed by atoms with Gasteiger partial charge in [0.15, 0.2) is 5.79 Å². The van der Waals surface area contributed by atoms with E-state index in [0.29, 0.717) is 13.2 Å². The molecule has 1 aliphatic heterocycles. The Morgan fingerprint density at radius 2 is 1.82 bits per heavy atom. The normalized spacial score (nSPS) is 18.4. The molecule has 1 saturated heterocycles. The Hall–Kier alpha value is -2.18. The maximum Gasteiger partial charge on any atom is 0.248 e. The van der Waals surface area contributed by atoms with E-state index < -0.39 is 5.79 Å². The lowest BCUT2D eigenvalue weighted by Crippen LogP contribution is -2.37. The predicted octanol–water partition coefficient (Wildman–Crippen LogP) is 0.982. The second-order valence-electron chi connectivity index (χ2n) is 5.34. The van der Waals surface area contributed by atoms with Crippen molar-refractivity contribution in [3.8, 4) is 0 Å². The van der Waals surface area contributed by atoms with E-state index in [1.807, 2.05) is 6.07 Å². The Morgan fingerprint density at radius 3 is 2.45 bits per heavy atom. The summed E-state index contributed by atoms with van der Waals surface area (Å²) >= 11 is 0. The van der Waals surface area contributed by atoms with Gasteiger partial charge in [0, 0.05) is 36.9 Å². The second kappa shape index (κ2) is 6.29. The first-order chi connectivity index (χ1) is 10.7. The number of H-pyrrole nitrogens is 2. The summed E-state index contributed by atoms with van der Waals surface area (Å²) in [6, 6.07) is 8.37. The molecular formula is C16H18N2O4. The lowest BCUT2D eigenvalue weighted by molar-refractivity contribution is -0.164. The van der Waals surface area contributed by atoms with E-state index in [1.165, 1.54) is 6.07 Å². The molecule has 2 aromatic heterocycles. The van der Waals surface area contributed by atoms with Gasteiger partial charge in [0.25, 0.3) is 0 Å². The predicted molar refractivity (Wildman–Crippen MR) is 80.8 cm³/mol. The van der Waals surface area contributed by atoms with E-state index in [-0.39, 0.29) is 11.1 Å². The van der Waals surface area contributed by atoms with Crippen LogP contribution in [0.3, 0.4) is 0 Å². The molecule has 1 spiro atoms. The number of aromatic nitrogens is 2. The van der Waals surface area contributed by atoms with Crippen LogP contribution in [0.15, 0.2) is 46.1 Å². The van der Waals surface area contributed by atoms with Crippen molar-refractivity contribution in [3.05, 3.63) is 68.5 Å². The molecule has 2 aliphatic rings. The molecule has 0 atom stereocenters. The van der Waals surface area contributed by atoms with E-state index in [4.69, 9.17) is 9.47 Å². The number of ether oxygens (including phenoxy) is 2. The van der Waals surface area contributed by atoms with Crippen LogP contribution in [-0.2, 0) is 22.3 Å². The largest absolute Gasteiger partial charge is 0.347 e. The van der Waals surface area contributed by atoms with E-state index >= 15 is 0 Å². The maximum absolute atomic E-state index is 11.1. The fourth-order valence-corrected chi connectivity index (χ4v) is 2.75. The topological polar surface area (TPSA) is 84.2 Å². The summed E-state index contributed by atoms with van der Waals surface area (Å²) in [7, 11) is 0. The zero-order valence-corrected chi connectivity index (χ0v) is 12.1. The molecule has 6 nitrogen and oxygen atoms in total. The molecular weight excluding hydrogens is 284 g/mol. The minimum atomic E-state index is -0.411. The standard InChI is InChI=1S/C11H13NO3.C5H5NO/c13-10-2-1-8-7-11(14-5-6-15-11)4-3-9(8)12-10;7-5-3-1-2-4-6-5/h1-2H,3-7H2,(H,12,13);1-4H,(H,6,7). The zero-order valence-electron chi connectivity index (χ0n) is 12.1. The van der Waals surface area contributed by atoms with Crippen LogP contribution in [0.1, 0.15) is 17.7 Å². The Kier molecular flexibility index (Phi) is 4.22. The highest BCUT2D eigenvalue weighted by molar-refractivity contribution is 5.24. The van der Waals surface area contributed by atoms with Gasteiger partial charge in [0.2, 0.25) is 11.1 Å². The van der Waals surface area contributed by atoms with Crippen molar-refractivity contribution in [1.82, 2.24) is 9.97 Å². The van der Waals surface area contributed by atoms with Gasteiger partial charge in [-0.2, -0.15) is 0 Å². The SMILES string of the molecule is O=c1ccc2c([nH]1)CCC1(C2)OCCO1.O=c1cccc[nH]1. The van der Waals surface area contributed by atoms with Crippen LogP contribution in [0, 0.1) is 0 Å². The van der Waals surface area contributed by atoms with Crippen LogP contribution in [0.4, 0.5) is 0 Å². The Morgan fingerprint density at radius 1 is 1.00 bits per heavy atom. The first kappa shape index (κ1) is 14.7. The first-order valence-corrected chi connectivity index (χ1v) is 7.30. The molecule has 4 rings (SSSR count). The summed E-state index contributed by atoms with van der Waals surface area (Å²) in [5.41, 5.74) is 2.09. The molecule has 1 aliphatic carbocycles. The molecule has 0 radical (unpaired) electrons. The van der Waals surface area contributed by atoms with Crippen molar-refractivity contribution in [2.75, 3.05) is 13.2 Å². The molecule has 22 heavy (non-hydrogen) atoms. The van der Waals surface area contributed by atoms with Crippen LogP contribution in [-0.4, -0.2) is 29.0 Å². The van der Waals surface area contributed by atoms with Crippen LogP contribution in [0.2, 0.25) is 0 Å². The second-order valence-corrected chi connectivity index (χ2v) is 5.34. The lowest BCUT2D eigenvalue weighted by atomic mass is 9.91. The summed E-state index contributed by atoms with van der Waals surface area (Å²) < 4.78 is 11.3. The van der Waals surface area contributed by atoms with E-state index in [0.717, 1.165) is 30.5 Å². The number of nitrogens with one attached hydrogen (secondary N) is 2. The monoisotopic (exact) mass is 302 g/mol. The smallest absolute Gasteiger partial charge is 0.248 e. The highest BCUT2D eigenvalue weighted by Crippen LogP contribution is 2.33. The van der Waals surface area contributed by atoms with E-state index in [2.05, 4.69) is 9.97 Å². The number of fused-ring (bicyclic) bond motifs is 1. The van der Waals surface area contributed by atoms with Crippen molar-refractivity contribution in [1.29, 1.82) is 0 Å². The van der Waals surface area contributed by atoms with Crippen LogP contribution >= 0.6 is 0 Å². The van der Waals surface area contributed by atoms with Crippen LogP contribution in [0.5, 0.6) is 0 Å². The summed E-state index contributed by atoms with van der Waals surface area (Å²) in [6.45, 7) is 1.36. The van der Waals surface area contributed by atoms with Gasteiger partial charge >= 0.3 is 0 Å². The zero-order chi connectivity index (χ0) is 15.4. The highest BCUT2D eigenvalue weighted by atomic mass is 16.7. The van der Waals surface area contributed by atoms with E-state index in [1.54, 1.807) is 24.4 Å². The quantitative estimate of drug-likeness (QED) is 0.760. The molecule has 3 heterocycles. The number of aromatic amines is 2. The number of aryl methyl sites for hydroxylation is 1. The van der Waals surface area contributed by atoms with Crippen molar-refractivity contribution in [3.63, 3.8) is 0 Å². The van der Waals surface area contributed by atoms with Gasteiger partial charge in [-0.1, -0.05) is 12.1 Å². The van der Waals surface area contributed by atoms with Crippen molar-refractivity contribution in [2.24, 2.45) is 0 Å². The van der Waals surface area contributed by atoms with Gasteiger partial charge in [-0.3, -0.25) is 9.59 Å². The Balaban J connectivity index is 0.000000174. The molecule has 0 unspecified atom stereocenters. The summed E-state index contributed by atoms with van der Waals surface area (Å²) in [5, 5.41) is 0. The number of hydrogen-bond donors (Lipinski definition) is 2. The number of rotatable bonds is 0. The van der Waals surface area contributed by atoms with Gasteiger partial charge in [-0.15, -0.1) is 0 Å². The average molecular weight is 302 g/mol. The summed E-state index contributed by atoms with van der Waals surface area (Å²) in [5.74, 6) is -0.411. The van der Waals surface area contributed by atoms with Gasteiger partial charge in [-0.25, -0.2) is 0 Å². The molecule has 0 bridgehead atoms. The van der Waals surface area contributed by atoms with Gasteiger partial charge in [0.1, 0.15) is 0 Å². The van der Waals surface area contributed by atoms with E-state index in [9.17, 15) is 9.59 Å². The molecule has 0 saturated carbocycles. The fourth-order valence-electron chi connectivity index (χ4n) is 2.75. The fraction of sp³-hybridized carbons (Fsp3) is 0.375. The third kappa shape index (κ3) is 3.35. The molecule has 6 heteroatoms. The minimum Gasteiger partial charge on any atom is -0.347 e. The van der Waals surface area contributed by atoms with Gasteiger partial charge in [0.05, 0.1) is 13.2 Å². The molecule has 2 N–H and O–H groups in total. The number of pyridine rings is 2. The third-order valence-corrected chi connectivity index (χ3v) is 3.81. The van der Waals surface area contributed by atoms with Crippen molar-refractivity contribution >= 4 is 0 Å². The van der Waals surface area contributed by atoms with Crippen LogP contribution in [0.25, 0.3) is 0 Å². The lowest BCUT2D eigenvalue weighted by Gasteiger charge is -2.32. The van der Waals surface area contributed by atoms with Crippen molar-refractivity contribution < 1.29 is 9.47 Å². The van der Waals surface area contributed by atoms with Crippen molar-refractivity contribution in [2.45, 2.75) is 25.0 Å². The Labute approximate surface area is 127 Å². The molecule has 116 valence electrons. The molecule has 1 fully saturated rings. The maximum atomic E-state index is 11.1. The summed E-state index contributed by atoms with van der Waals surface area (Å²) in [6.07, 6.45) is 4.01. The first-order valence-electron chi connectivity index (χ1n) is 7.30. The highest BCUT2D eigenvalue weighted by Gasteiger charge is 2.39. The van der Waals surface area contributed by atoms with Gasteiger partial charge in [-0.05, 0) is 18.1 Å². The average Bonchev–Trinajstić information content (AvgIpc) is 2.97. The summed E-state index contributed by atoms with van der Waals surface area (Å²) in [4.78, 5) is 26.7. The Bertz CT molecular complexity index is 727.